The molecule has 0 N–H and O–H groups in total. The van der Waals surface area contributed by atoms with Crippen LogP contribution in [0.2, 0.25) is 0 Å². The van der Waals surface area contributed by atoms with E-state index in [-0.39, 0.29) is 11.4 Å². The van der Waals surface area contributed by atoms with Gasteiger partial charge in [0.15, 0.2) is 0 Å². The first-order chi connectivity index (χ1) is 9.91. The molecule has 0 radical (unpaired) electrons. The lowest BCUT2D eigenvalue weighted by Crippen LogP contribution is -2.29. The molecule has 1 aromatic heterocycles. The number of hydrogen-bond acceptors (Lipinski definition) is 3. The second-order valence-electron chi connectivity index (χ2n) is 6.80. The molecule has 0 aromatic carbocycles. The number of carbonyl (C=O) groups excluding carboxylic acids is 1. The van der Waals surface area contributed by atoms with Crippen LogP contribution in [-0.2, 0) is 14.9 Å². The Kier molecular flexibility index (Phi) is 4.81. The molecule has 0 spiro atoms. The van der Waals surface area contributed by atoms with Gasteiger partial charge in [0.1, 0.15) is 5.60 Å². The number of pyridine rings is 1. The Labute approximate surface area is 127 Å². The first kappa shape index (κ1) is 15.7. The molecule has 0 bridgehead atoms. The molecule has 1 aliphatic carbocycles. The lowest BCUT2D eigenvalue weighted by atomic mass is 9.71. The van der Waals surface area contributed by atoms with E-state index in [0.29, 0.717) is 0 Å². The fourth-order valence-electron chi connectivity index (χ4n) is 2.91. The van der Waals surface area contributed by atoms with E-state index in [1.807, 2.05) is 45.2 Å². The van der Waals surface area contributed by atoms with Crippen LogP contribution in [0.1, 0.15) is 58.6 Å². The number of nitrogens with zero attached hydrogens (tertiary/aromatic N) is 1. The van der Waals surface area contributed by atoms with Crippen molar-refractivity contribution in [3.05, 3.63) is 42.2 Å². The Bertz CT molecular complexity index is 494. The fourth-order valence-corrected chi connectivity index (χ4v) is 2.91. The normalized spacial score (nSPS) is 18.6. The maximum Gasteiger partial charge on any atom is 0.330 e. The van der Waals surface area contributed by atoms with E-state index in [2.05, 4.69) is 11.1 Å². The highest BCUT2D eigenvalue weighted by atomic mass is 16.6. The molecule has 114 valence electrons. The van der Waals surface area contributed by atoms with Crippen molar-refractivity contribution < 1.29 is 9.53 Å². The molecule has 2 rings (SSSR count). The van der Waals surface area contributed by atoms with Gasteiger partial charge in [0, 0.05) is 17.7 Å². The number of ether oxygens (including phenoxy) is 1. The van der Waals surface area contributed by atoms with E-state index >= 15 is 0 Å². The first-order valence-corrected chi connectivity index (χ1v) is 7.75. The van der Waals surface area contributed by atoms with Crippen molar-refractivity contribution in [3.8, 4) is 0 Å². The molecule has 0 atom stereocenters. The zero-order chi connectivity index (χ0) is 15.3. The van der Waals surface area contributed by atoms with Gasteiger partial charge in [0.25, 0.3) is 0 Å². The maximum absolute atomic E-state index is 11.9. The minimum absolute atomic E-state index is 0.115. The van der Waals surface area contributed by atoms with Gasteiger partial charge in [-0.1, -0.05) is 31.4 Å². The van der Waals surface area contributed by atoms with E-state index in [9.17, 15) is 4.79 Å². The standard InChI is InChI=1S/C18H25NO2/c1-17(2,3)21-16(20)10-13-18(11-6-4-7-12-18)15-9-5-8-14-19-15/h5,8-10,13-14H,4,6-7,11-12H2,1-3H3/b13-10+. The Balaban J connectivity index is 2.20. The van der Waals surface area contributed by atoms with Crippen molar-refractivity contribution in [2.24, 2.45) is 0 Å². The largest absolute Gasteiger partial charge is 0.457 e. The quantitative estimate of drug-likeness (QED) is 0.618. The molecule has 1 fully saturated rings. The van der Waals surface area contributed by atoms with Crippen LogP contribution in [0.25, 0.3) is 0 Å². The van der Waals surface area contributed by atoms with E-state index in [1.54, 1.807) is 6.08 Å². The van der Waals surface area contributed by atoms with Gasteiger partial charge in [-0.3, -0.25) is 4.98 Å². The van der Waals surface area contributed by atoms with Gasteiger partial charge in [-0.25, -0.2) is 4.79 Å². The SMILES string of the molecule is CC(C)(C)OC(=O)/C=C/C1(c2ccccn2)CCCCC1. The molecular weight excluding hydrogens is 262 g/mol. The van der Waals surface area contributed by atoms with Crippen molar-refractivity contribution >= 4 is 5.97 Å². The van der Waals surface area contributed by atoms with Crippen LogP contribution in [0.4, 0.5) is 0 Å². The van der Waals surface area contributed by atoms with Crippen LogP contribution in [0.3, 0.4) is 0 Å². The summed E-state index contributed by atoms with van der Waals surface area (Å²) in [5.41, 5.74) is 0.493. The Morgan fingerprint density at radius 2 is 1.95 bits per heavy atom. The topological polar surface area (TPSA) is 39.2 Å². The zero-order valence-corrected chi connectivity index (χ0v) is 13.3. The first-order valence-electron chi connectivity index (χ1n) is 7.75. The predicted molar refractivity (Wildman–Crippen MR) is 84.0 cm³/mol. The number of esters is 1. The van der Waals surface area contributed by atoms with Gasteiger partial charge in [-0.15, -0.1) is 0 Å². The molecule has 0 unspecified atom stereocenters. The molecule has 21 heavy (non-hydrogen) atoms. The molecular formula is C18H25NO2. The second-order valence-corrected chi connectivity index (χ2v) is 6.80. The number of aromatic nitrogens is 1. The average molecular weight is 287 g/mol. The molecule has 3 nitrogen and oxygen atoms in total. The summed E-state index contributed by atoms with van der Waals surface area (Å²) in [6, 6.07) is 6.00. The Morgan fingerprint density at radius 1 is 1.24 bits per heavy atom. The summed E-state index contributed by atoms with van der Waals surface area (Å²) in [6.45, 7) is 5.65. The van der Waals surface area contributed by atoms with Gasteiger partial charge in [-0.2, -0.15) is 0 Å². The summed E-state index contributed by atoms with van der Waals surface area (Å²) in [5, 5.41) is 0. The van der Waals surface area contributed by atoms with Gasteiger partial charge in [0.05, 0.1) is 5.69 Å². The van der Waals surface area contributed by atoms with Gasteiger partial charge >= 0.3 is 5.97 Å². The Hall–Kier alpha value is -1.64. The predicted octanol–water partition coefficient (Wildman–Crippen LogP) is 4.18. The summed E-state index contributed by atoms with van der Waals surface area (Å²) in [4.78, 5) is 16.5. The summed E-state index contributed by atoms with van der Waals surface area (Å²) in [6.07, 6.45) is 11.1. The monoisotopic (exact) mass is 287 g/mol. The van der Waals surface area contributed by atoms with E-state index in [1.165, 1.54) is 19.3 Å². The summed E-state index contributed by atoms with van der Waals surface area (Å²) >= 11 is 0. The molecule has 1 heterocycles. The smallest absolute Gasteiger partial charge is 0.330 e. The molecule has 3 heteroatoms. The number of rotatable bonds is 3. The number of hydrogen-bond donors (Lipinski definition) is 0. The van der Waals surface area contributed by atoms with Crippen molar-refractivity contribution in [1.82, 2.24) is 4.98 Å². The van der Waals surface area contributed by atoms with Gasteiger partial charge in [-0.05, 0) is 45.7 Å². The lowest BCUT2D eigenvalue weighted by molar-refractivity contribution is -0.148. The summed E-state index contributed by atoms with van der Waals surface area (Å²) in [5.74, 6) is -0.275. The highest BCUT2D eigenvalue weighted by Crippen LogP contribution is 2.39. The van der Waals surface area contributed by atoms with E-state index < -0.39 is 5.60 Å². The third kappa shape index (κ3) is 4.42. The minimum atomic E-state index is -0.452. The number of carbonyl (C=O) groups is 1. The molecule has 1 aliphatic rings. The van der Waals surface area contributed by atoms with Crippen LogP contribution >= 0.6 is 0 Å². The van der Waals surface area contributed by atoms with Gasteiger partial charge < -0.3 is 4.74 Å². The molecule has 1 aromatic rings. The third-order valence-corrected chi connectivity index (χ3v) is 3.87. The molecule has 0 amide bonds. The highest BCUT2D eigenvalue weighted by Gasteiger charge is 2.32. The van der Waals surface area contributed by atoms with E-state index in [4.69, 9.17) is 4.74 Å². The molecule has 0 aliphatic heterocycles. The van der Waals surface area contributed by atoms with Crippen LogP contribution < -0.4 is 0 Å². The zero-order valence-electron chi connectivity index (χ0n) is 13.3. The second kappa shape index (κ2) is 6.42. The van der Waals surface area contributed by atoms with E-state index in [0.717, 1.165) is 18.5 Å². The van der Waals surface area contributed by atoms with Crippen molar-refractivity contribution in [3.63, 3.8) is 0 Å². The average Bonchev–Trinajstić information content (AvgIpc) is 2.45. The number of allylic oxidation sites excluding steroid dienone is 1. The van der Waals surface area contributed by atoms with Crippen LogP contribution in [0.5, 0.6) is 0 Å². The Morgan fingerprint density at radius 3 is 2.52 bits per heavy atom. The van der Waals surface area contributed by atoms with Crippen molar-refractivity contribution in [2.45, 2.75) is 63.9 Å². The van der Waals surface area contributed by atoms with Crippen molar-refractivity contribution in [1.29, 1.82) is 0 Å². The van der Waals surface area contributed by atoms with Crippen LogP contribution in [-0.4, -0.2) is 16.6 Å². The lowest BCUT2D eigenvalue weighted by Gasteiger charge is -2.34. The third-order valence-electron chi connectivity index (χ3n) is 3.87. The maximum atomic E-state index is 11.9. The van der Waals surface area contributed by atoms with Crippen LogP contribution in [0.15, 0.2) is 36.5 Å². The fraction of sp³-hybridized carbons (Fsp3) is 0.556. The van der Waals surface area contributed by atoms with Crippen molar-refractivity contribution in [2.75, 3.05) is 0 Å². The van der Waals surface area contributed by atoms with Gasteiger partial charge in [0.2, 0.25) is 0 Å². The summed E-state index contributed by atoms with van der Waals surface area (Å²) < 4.78 is 5.36. The highest BCUT2D eigenvalue weighted by molar-refractivity contribution is 5.82. The molecule has 1 saturated carbocycles. The summed E-state index contributed by atoms with van der Waals surface area (Å²) in [7, 11) is 0. The molecule has 0 saturated heterocycles. The minimum Gasteiger partial charge on any atom is -0.457 e. The van der Waals surface area contributed by atoms with Crippen LogP contribution in [0, 0.1) is 0 Å².